The second-order valence-electron chi connectivity index (χ2n) is 10.1. The molecule has 0 saturated carbocycles. The van der Waals surface area contributed by atoms with Crippen molar-refractivity contribution in [2.45, 2.75) is 49.9 Å². The Labute approximate surface area is 232 Å². The summed E-state index contributed by atoms with van der Waals surface area (Å²) in [6.45, 7) is 3.49. The van der Waals surface area contributed by atoms with Gasteiger partial charge < -0.3 is 10.2 Å². The molecule has 2 heterocycles. The summed E-state index contributed by atoms with van der Waals surface area (Å²) < 4.78 is 79.0. The van der Waals surface area contributed by atoms with E-state index in [4.69, 9.17) is 0 Å². The summed E-state index contributed by atoms with van der Waals surface area (Å²) in [5.41, 5.74) is -3.27. The van der Waals surface area contributed by atoms with Crippen LogP contribution >= 0.6 is 0 Å². The molecule has 2 N–H and O–H groups in total. The number of carboxylic acid groups (broad SMARTS) is 1. The smallest absolute Gasteiger partial charge is 0.430 e. The number of pyridine rings is 1. The maximum Gasteiger partial charge on any atom is 0.430 e. The van der Waals surface area contributed by atoms with E-state index in [-0.39, 0.29) is 12.5 Å². The first-order valence-corrected chi connectivity index (χ1v) is 12.9. The Morgan fingerprint density at radius 1 is 0.805 bits per heavy atom. The molecular weight excluding hydrogens is 552 g/mol. The number of aromatic nitrogens is 1. The number of halogens is 6. The van der Waals surface area contributed by atoms with Crippen LogP contribution in [0.5, 0.6) is 0 Å². The van der Waals surface area contributed by atoms with Crippen LogP contribution in [0.25, 0.3) is 11.1 Å². The molecule has 1 aliphatic rings. The Kier molecular flexibility index (Phi) is 9.05. The second-order valence-corrected chi connectivity index (χ2v) is 10.1. The zero-order valence-electron chi connectivity index (χ0n) is 21.9. The number of rotatable bonds is 9. The van der Waals surface area contributed by atoms with Gasteiger partial charge in [-0.05, 0) is 40.8 Å². The summed E-state index contributed by atoms with van der Waals surface area (Å²) in [5.74, 6) is -0.865. The van der Waals surface area contributed by atoms with E-state index in [2.05, 4.69) is 14.8 Å². The van der Waals surface area contributed by atoms with Crippen molar-refractivity contribution < 1.29 is 41.4 Å². The van der Waals surface area contributed by atoms with Gasteiger partial charge in [-0.25, -0.2) is 0 Å². The summed E-state index contributed by atoms with van der Waals surface area (Å²) in [6.07, 6.45) is -7.90. The SMILES string of the molecule is O=C(O)CC[C@H]1CN(Cc2ccncc2)CCN1Cc1ccc(-c2ccc(C(O)(C(F)(F)F)C(F)(F)F)cc2)cc1. The molecular formula is C29H29F6N3O3. The highest BCUT2D eigenvalue weighted by Crippen LogP contribution is 2.50. The first-order valence-electron chi connectivity index (χ1n) is 12.9. The van der Waals surface area contributed by atoms with Crippen LogP contribution in [0, 0.1) is 0 Å². The van der Waals surface area contributed by atoms with E-state index in [1.54, 1.807) is 24.5 Å². The Morgan fingerprint density at radius 2 is 1.34 bits per heavy atom. The Morgan fingerprint density at radius 3 is 1.88 bits per heavy atom. The van der Waals surface area contributed by atoms with Crippen LogP contribution in [0.15, 0.2) is 73.1 Å². The summed E-state index contributed by atoms with van der Waals surface area (Å²) >= 11 is 0. The monoisotopic (exact) mass is 581 g/mol. The Hall–Kier alpha value is -3.48. The number of aliphatic carboxylic acids is 1. The van der Waals surface area contributed by atoms with Crippen molar-refractivity contribution in [1.82, 2.24) is 14.8 Å². The molecule has 6 nitrogen and oxygen atoms in total. The van der Waals surface area contributed by atoms with Gasteiger partial charge in [-0.1, -0.05) is 48.5 Å². The van der Waals surface area contributed by atoms with Gasteiger partial charge in [-0.2, -0.15) is 26.3 Å². The van der Waals surface area contributed by atoms with Gasteiger partial charge in [0, 0.05) is 63.1 Å². The third-order valence-corrected chi connectivity index (χ3v) is 7.33. The molecule has 4 rings (SSSR count). The fourth-order valence-electron chi connectivity index (χ4n) is 5.05. The van der Waals surface area contributed by atoms with E-state index in [1.807, 2.05) is 24.3 Å². The predicted octanol–water partition coefficient (Wildman–Crippen LogP) is 5.61. The zero-order valence-corrected chi connectivity index (χ0v) is 21.9. The van der Waals surface area contributed by atoms with Crippen LogP contribution in [0.4, 0.5) is 26.3 Å². The number of carbonyl (C=O) groups is 1. The lowest BCUT2D eigenvalue weighted by Gasteiger charge is -2.41. The number of carboxylic acids is 1. The minimum Gasteiger partial charge on any atom is -0.481 e. The zero-order chi connectivity index (χ0) is 29.8. The van der Waals surface area contributed by atoms with E-state index in [9.17, 15) is 41.4 Å². The van der Waals surface area contributed by atoms with Gasteiger partial charge in [0.25, 0.3) is 5.60 Å². The molecule has 1 fully saturated rings. The predicted molar refractivity (Wildman–Crippen MR) is 138 cm³/mol. The van der Waals surface area contributed by atoms with Gasteiger partial charge in [0.15, 0.2) is 0 Å². The first kappa shape index (κ1) is 30.5. The lowest BCUT2D eigenvalue weighted by molar-refractivity contribution is -0.376. The van der Waals surface area contributed by atoms with Crippen molar-refractivity contribution in [1.29, 1.82) is 0 Å². The highest BCUT2D eigenvalue weighted by Gasteiger charge is 2.71. The van der Waals surface area contributed by atoms with Gasteiger partial charge in [0.05, 0.1) is 0 Å². The average Bonchev–Trinajstić information content (AvgIpc) is 2.92. The van der Waals surface area contributed by atoms with Crippen molar-refractivity contribution >= 4 is 5.97 Å². The lowest BCUT2D eigenvalue weighted by Crippen LogP contribution is -2.53. The molecule has 220 valence electrons. The van der Waals surface area contributed by atoms with Crippen LogP contribution in [0.2, 0.25) is 0 Å². The minimum absolute atomic E-state index is 0.00919. The summed E-state index contributed by atoms with van der Waals surface area (Å²) in [4.78, 5) is 19.8. The maximum absolute atomic E-state index is 13.2. The molecule has 1 aromatic heterocycles. The molecule has 41 heavy (non-hydrogen) atoms. The summed E-state index contributed by atoms with van der Waals surface area (Å²) in [6, 6.07) is 14.5. The molecule has 0 bridgehead atoms. The van der Waals surface area contributed by atoms with Gasteiger partial charge in [0.1, 0.15) is 0 Å². The molecule has 0 unspecified atom stereocenters. The van der Waals surface area contributed by atoms with Crippen LogP contribution in [0.3, 0.4) is 0 Å². The van der Waals surface area contributed by atoms with Gasteiger partial charge in [0.2, 0.25) is 0 Å². The molecule has 0 spiro atoms. The largest absolute Gasteiger partial charge is 0.481 e. The molecule has 0 radical (unpaired) electrons. The number of alkyl halides is 6. The fraction of sp³-hybridized carbons (Fsp3) is 0.379. The molecule has 3 aromatic rings. The van der Waals surface area contributed by atoms with Gasteiger partial charge in [-0.3, -0.25) is 19.6 Å². The summed E-state index contributed by atoms with van der Waals surface area (Å²) in [5, 5.41) is 18.8. The number of aliphatic hydroxyl groups is 1. The molecule has 12 heteroatoms. The van der Waals surface area contributed by atoms with Crippen molar-refractivity contribution in [2.24, 2.45) is 0 Å². The standard InChI is InChI=1S/C29H29F6N3O3/c30-28(31,32)27(41,29(33,34)35)24-7-5-23(6-8-24)22-3-1-20(2-4-22)18-38-16-15-37(17-21-11-13-36-14-12-21)19-25(38)9-10-26(39)40/h1-8,11-14,25,41H,9-10,15-19H2,(H,39,40)/t25-/m0/s1. The molecule has 1 saturated heterocycles. The minimum atomic E-state index is -5.94. The van der Waals surface area contributed by atoms with E-state index in [1.165, 1.54) is 0 Å². The van der Waals surface area contributed by atoms with E-state index < -0.39 is 29.5 Å². The van der Waals surface area contributed by atoms with Crippen molar-refractivity contribution in [3.63, 3.8) is 0 Å². The number of hydrogen-bond donors (Lipinski definition) is 2. The van der Waals surface area contributed by atoms with Gasteiger partial charge in [-0.15, -0.1) is 0 Å². The van der Waals surface area contributed by atoms with Crippen LogP contribution in [0.1, 0.15) is 29.5 Å². The van der Waals surface area contributed by atoms with Crippen molar-refractivity contribution in [3.8, 4) is 11.1 Å². The van der Waals surface area contributed by atoms with E-state index in [0.717, 1.165) is 42.9 Å². The average molecular weight is 582 g/mol. The van der Waals surface area contributed by atoms with E-state index >= 15 is 0 Å². The molecule has 0 amide bonds. The Balaban J connectivity index is 1.45. The maximum atomic E-state index is 13.2. The third kappa shape index (κ3) is 7.06. The van der Waals surface area contributed by atoms with Crippen LogP contribution in [-0.4, -0.2) is 69.0 Å². The third-order valence-electron chi connectivity index (χ3n) is 7.33. The van der Waals surface area contributed by atoms with Crippen LogP contribution < -0.4 is 0 Å². The van der Waals surface area contributed by atoms with Crippen LogP contribution in [-0.2, 0) is 23.5 Å². The second kappa shape index (κ2) is 12.2. The highest BCUT2D eigenvalue weighted by molar-refractivity contribution is 5.66. The topological polar surface area (TPSA) is 76.9 Å². The number of piperazine rings is 1. The summed E-state index contributed by atoms with van der Waals surface area (Å²) in [7, 11) is 0. The van der Waals surface area contributed by atoms with E-state index in [0.29, 0.717) is 42.8 Å². The van der Waals surface area contributed by atoms with Crippen molar-refractivity contribution in [3.05, 3.63) is 89.7 Å². The molecule has 0 aliphatic carbocycles. The lowest BCUT2D eigenvalue weighted by atomic mass is 9.90. The van der Waals surface area contributed by atoms with Crippen molar-refractivity contribution in [2.75, 3.05) is 19.6 Å². The first-order chi connectivity index (χ1) is 19.3. The quantitative estimate of drug-likeness (QED) is 0.320. The Bertz CT molecular complexity index is 1280. The number of hydrogen-bond acceptors (Lipinski definition) is 5. The molecule has 1 aliphatic heterocycles. The fourth-order valence-corrected chi connectivity index (χ4v) is 5.05. The molecule has 1 atom stereocenters. The number of benzene rings is 2. The highest BCUT2D eigenvalue weighted by atomic mass is 19.4. The van der Waals surface area contributed by atoms with Gasteiger partial charge >= 0.3 is 18.3 Å². The molecule has 2 aromatic carbocycles. The normalized spacial score (nSPS) is 17.5. The number of nitrogens with zero attached hydrogens (tertiary/aromatic N) is 3.